The molecule has 1 aliphatic heterocycles. The summed E-state index contributed by atoms with van der Waals surface area (Å²) in [7, 11) is 0. The van der Waals surface area contributed by atoms with Gasteiger partial charge in [-0.15, -0.1) is 0 Å². The van der Waals surface area contributed by atoms with Crippen LogP contribution < -0.4 is 5.32 Å². The number of hydrogen-bond donors (Lipinski definition) is 1. The third-order valence-electron chi connectivity index (χ3n) is 3.50. The molecule has 94 valence electrons. The zero-order valence-electron chi connectivity index (χ0n) is 10.2. The number of benzene rings is 1. The highest BCUT2D eigenvalue weighted by Gasteiger charge is 2.23. The lowest BCUT2D eigenvalue weighted by molar-refractivity contribution is 0.217. The van der Waals surface area contributed by atoms with E-state index in [1.807, 2.05) is 6.92 Å². The number of halogens is 2. The van der Waals surface area contributed by atoms with Gasteiger partial charge in [-0.2, -0.15) is 0 Å². The maximum atomic E-state index is 14.1. The number of nitrogens with one attached hydrogen (secondary N) is 1. The van der Waals surface area contributed by atoms with Crippen molar-refractivity contribution in [3.8, 4) is 0 Å². The Kier molecular flexibility index (Phi) is 4.11. The standard InChI is InChI=1S/C14H19F2N/c1-10-8-12(15)6-5-11(10)9-13(16)14-4-2-3-7-17-14/h5-6,8,13-14,17H,2-4,7,9H2,1H3. The number of hydrogen-bond acceptors (Lipinski definition) is 1. The van der Waals surface area contributed by atoms with Gasteiger partial charge in [0.1, 0.15) is 12.0 Å². The Morgan fingerprint density at radius 1 is 1.41 bits per heavy atom. The fourth-order valence-electron chi connectivity index (χ4n) is 2.43. The van der Waals surface area contributed by atoms with Crippen LogP contribution in [0.25, 0.3) is 0 Å². The van der Waals surface area contributed by atoms with Gasteiger partial charge in [-0.05, 0) is 49.6 Å². The monoisotopic (exact) mass is 239 g/mol. The topological polar surface area (TPSA) is 12.0 Å². The highest BCUT2D eigenvalue weighted by molar-refractivity contribution is 5.27. The third kappa shape index (κ3) is 3.25. The summed E-state index contributed by atoms with van der Waals surface area (Å²) in [6.07, 6.45) is 2.64. The minimum Gasteiger partial charge on any atom is -0.311 e. The maximum absolute atomic E-state index is 14.1. The van der Waals surface area contributed by atoms with E-state index in [9.17, 15) is 8.78 Å². The normalized spacial score (nSPS) is 22.4. The Bertz CT molecular complexity index is 372. The first kappa shape index (κ1) is 12.5. The predicted octanol–water partition coefficient (Wildman–Crippen LogP) is 3.16. The van der Waals surface area contributed by atoms with Crippen molar-refractivity contribution in [2.24, 2.45) is 0 Å². The molecule has 0 aliphatic carbocycles. The predicted molar refractivity (Wildman–Crippen MR) is 65.4 cm³/mol. The molecule has 1 saturated heterocycles. The number of piperidine rings is 1. The molecule has 0 spiro atoms. The summed E-state index contributed by atoms with van der Waals surface area (Å²) in [5.41, 5.74) is 1.75. The molecule has 1 N–H and O–H groups in total. The van der Waals surface area contributed by atoms with Crippen molar-refractivity contribution in [3.63, 3.8) is 0 Å². The first-order chi connectivity index (χ1) is 8.16. The van der Waals surface area contributed by atoms with Crippen molar-refractivity contribution in [2.75, 3.05) is 6.54 Å². The quantitative estimate of drug-likeness (QED) is 0.854. The number of rotatable bonds is 3. The zero-order valence-corrected chi connectivity index (χ0v) is 10.2. The Morgan fingerprint density at radius 3 is 2.88 bits per heavy atom. The molecular weight excluding hydrogens is 220 g/mol. The van der Waals surface area contributed by atoms with E-state index in [0.717, 1.165) is 36.9 Å². The Labute approximate surface area is 101 Å². The molecular formula is C14H19F2N. The molecule has 2 rings (SSSR count). The molecule has 1 aromatic rings. The first-order valence-corrected chi connectivity index (χ1v) is 6.29. The van der Waals surface area contributed by atoms with Crippen LogP contribution in [0.1, 0.15) is 30.4 Å². The van der Waals surface area contributed by atoms with E-state index >= 15 is 0 Å². The molecule has 0 radical (unpaired) electrons. The summed E-state index contributed by atoms with van der Waals surface area (Å²) < 4.78 is 27.0. The van der Waals surface area contributed by atoms with E-state index < -0.39 is 6.17 Å². The van der Waals surface area contributed by atoms with Crippen molar-refractivity contribution in [1.82, 2.24) is 5.32 Å². The lowest BCUT2D eigenvalue weighted by Crippen LogP contribution is -2.42. The van der Waals surface area contributed by atoms with Gasteiger partial charge in [0.05, 0.1) is 0 Å². The molecule has 1 fully saturated rings. The van der Waals surface area contributed by atoms with Crippen LogP contribution in [0.15, 0.2) is 18.2 Å². The summed E-state index contributed by atoms with van der Waals surface area (Å²) in [6.45, 7) is 2.74. The van der Waals surface area contributed by atoms with Gasteiger partial charge in [-0.25, -0.2) is 8.78 Å². The van der Waals surface area contributed by atoms with E-state index in [2.05, 4.69) is 5.32 Å². The Hall–Kier alpha value is -0.960. The Morgan fingerprint density at radius 2 is 2.24 bits per heavy atom. The van der Waals surface area contributed by atoms with Gasteiger partial charge in [0.15, 0.2) is 0 Å². The van der Waals surface area contributed by atoms with Crippen LogP contribution in [-0.2, 0) is 6.42 Å². The molecule has 1 aromatic carbocycles. The first-order valence-electron chi connectivity index (χ1n) is 6.29. The van der Waals surface area contributed by atoms with Gasteiger partial charge in [0, 0.05) is 12.5 Å². The average Bonchev–Trinajstić information content (AvgIpc) is 2.34. The second kappa shape index (κ2) is 5.58. The highest BCUT2D eigenvalue weighted by atomic mass is 19.1. The number of alkyl halides is 1. The fraction of sp³-hybridized carbons (Fsp3) is 0.571. The van der Waals surface area contributed by atoms with E-state index in [0.29, 0.717) is 6.42 Å². The van der Waals surface area contributed by atoms with Gasteiger partial charge in [0.2, 0.25) is 0 Å². The molecule has 3 heteroatoms. The van der Waals surface area contributed by atoms with Gasteiger partial charge in [-0.3, -0.25) is 0 Å². The van der Waals surface area contributed by atoms with Crippen LogP contribution >= 0.6 is 0 Å². The van der Waals surface area contributed by atoms with Crippen molar-refractivity contribution >= 4 is 0 Å². The minimum absolute atomic E-state index is 0.0341. The van der Waals surface area contributed by atoms with E-state index in [-0.39, 0.29) is 11.9 Å². The summed E-state index contributed by atoms with van der Waals surface area (Å²) >= 11 is 0. The lowest BCUT2D eigenvalue weighted by Gasteiger charge is -2.26. The molecule has 1 nitrogen and oxygen atoms in total. The summed E-state index contributed by atoms with van der Waals surface area (Å²) in [6, 6.07) is 4.54. The highest BCUT2D eigenvalue weighted by Crippen LogP contribution is 2.19. The molecule has 17 heavy (non-hydrogen) atoms. The van der Waals surface area contributed by atoms with Gasteiger partial charge in [0.25, 0.3) is 0 Å². The third-order valence-corrected chi connectivity index (χ3v) is 3.50. The molecule has 1 heterocycles. The minimum atomic E-state index is -0.875. The molecule has 0 saturated carbocycles. The largest absolute Gasteiger partial charge is 0.311 e. The van der Waals surface area contributed by atoms with Crippen molar-refractivity contribution in [1.29, 1.82) is 0 Å². The smallest absolute Gasteiger partial charge is 0.123 e. The van der Waals surface area contributed by atoms with Gasteiger partial charge < -0.3 is 5.32 Å². The molecule has 0 bridgehead atoms. The lowest BCUT2D eigenvalue weighted by atomic mass is 9.94. The van der Waals surface area contributed by atoms with Crippen LogP contribution in [0.5, 0.6) is 0 Å². The fourth-order valence-corrected chi connectivity index (χ4v) is 2.43. The second-order valence-corrected chi connectivity index (χ2v) is 4.85. The SMILES string of the molecule is Cc1cc(F)ccc1CC(F)C1CCCCN1. The van der Waals surface area contributed by atoms with E-state index in [1.165, 1.54) is 12.1 Å². The second-order valence-electron chi connectivity index (χ2n) is 4.85. The van der Waals surface area contributed by atoms with Gasteiger partial charge >= 0.3 is 0 Å². The molecule has 2 unspecified atom stereocenters. The van der Waals surface area contributed by atoms with Crippen molar-refractivity contribution < 1.29 is 8.78 Å². The molecule has 0 aromatic heterocycles. The van der Waals surface area contributed by atoms with Crippen LogP contribution in [0, 0.1) is 12.7 Å². The molecule has 0 amide bonds. The summed E-state index contributed by atoms with van der Waals surface area (Å²) in [5, 5.41) is 3.22. The zero-order chi connectivity index (χ0) is 12.3. The Balaban J connectivity index is 1.99. The van der Waals surface area contributed by atoms with E-state index in [4.69, 9.17) is 0 Å². The van der Waals surface area contributed by atoms with Crippen LogP contribution in [0.4, 0.5) is 8.78 Å². The van der Waals surface area contributed by atoms with Crippen LogP contribution in [-0.4, -0.2) is 18.8 Å². The van der Waals surface area contributed by atoms with Crippen LogP contribution in [0.3, 0.4) is 0 Å². The maximum Gasteiger partial charge on any atom is 0.123 e. The van der Waals surface area contributed by atoms with Crippen molar-refractivity contribution in [2.45, 2.75) is 44.8 Å². The van der Waals surface area contributed by atoms with Gasteiger partial charge in [-0.1, -0.05) is 12.5 Å². The van der Waals surface area contributed by atoms with E-state index in [1.54, 1.807) is 6.07 Å². The summed E-state index contributed by atoms with van der Waals surface area (Å²) in [5.74, 6) is -0.252. The average molecular weight is 239 g/mol. The van der Waals surface area contributed by atoms with Crippen LogP contribution in [0.2, 0.25) is 0 Å². The number of aryl methyl sites for hydroxylation is 1. The molecule has 2 atom stereocenters. The summed E-state index contributed by atoms with van der Waals surface area (Å²) in [4.78, 5) is 0. The molecule has 1 aliphatic rings. The van der Waals surface area contributed by atoms with Crippen molar-refractivity contribution in [3.05, 3.63) is 35.1 Å².